The van der Waals surface area contributed by atoms with Gasteiger partial charge in [0.1, 0.15) is 0 Å². The van der Waals surface area contributed by atoms with Crippen molar-refractivity contribution in [1.82, 2.24) is 5.32 Å². The van der Waals surface area contributed by atoms with E-state index in [1.165, 1.54) is 12.1 Å². The van der Waals surface area contributed by atoms with E-state index in [1.54, 1.807) is 6.07 Å². The minimum Gasteiger partial charge on any atom is -0.329 e. The molecule has 1 aliphatic carbocycles. The zero-order valence-corrected chi connectivity index (χ0v) is 16.0. The molecule has 29 heavy (non-hydrogen) atoms. The number of alkyl halides is 3. The van der Waals surface area contributed by atoms with Crippen molar-refractivity contribution in [3.63, 3.8) is 0 Å². The van der Waals surface area contributed by atoms with E-state index in [0.717, 1.165) is 17.7 Å². The number of allylic oxidation sites excluding steroid dienone is 2. The molecule has 0 aromatic heterocycles. The molecule has 1 aliphatic heterocycles. The first-order chi connectivity index (χ1) is 13.7. The summed E-state index contributed by atoms with van der Waals surface area (Å²) in [5.74, 6) is -1.05. The summed E-state index contributed by atoms with van der Waals surface area (Å²) in [7, 11) is 0. The Labute approximate surface area is 170 Å². The van der Waals surface area contributed by atoms with Crippen molar-refractivity contribution in [3.05, 3.63) is 81.5 Å². The Morgan fingerprint density at radius 1 is 0.931 bits per heavy atom. The Morgan fingerprint density at radius 2 is 1.62 bits per heavy atom. The third-order valence-corrected chi connectivity index (χ3v) is 5.87. The predicted octanol–water partition coefficient (Wildman–Crippen LogP) is 5.36. The minimum absolute atomic E-state index is 0.0344. The first-order valence-electron chi connectivity index (χ1n) is 9.21. The monoisotopic (exact) mass is 419 g/mol. The van der Waals surface area contributed by atoms with E-state index in [2.05, 4.69) is 5.32 Å². The fourth-order valence-corrected chi connectivity index (χ4v) is 4.47. The molecule has 0 fully saturated rings. The van der Waals surface area contributed by atoms with E-state index in [-0.39, 0.29) is 30.4 Å². The van der Waals surface area contributed by atoms with Crippen LogP contribution in [0.3, 0.4) is 0 Å². The van der Waals surface area contributed by atoms with Gasteiger partial charge in [0.05, 0.1) is 5.56 Å². The highest BCUT2D eigenvalue weighted by Gasteiger charge is 2.39. The molecular formula is C22H17ClF3NO2. The molecule has 2 atom stereocenters. The number of amides is 1. The third-order valence-electron chi connectivity index (χ3n) is 5.52. The largest absolute Gasteiger partial charge is 0.416 e. The number of carbonyl (C=O) groups is 2. The maximum absolute atomic E-state index is 13.0. The first-order valence-corrected chi connectivity index (χ1v) is 9.59. The molecule has 2 aromatic carbocycles. The Bertz CT molecular complexity index is 1010. The zero-order chi connectivity index (χ0) is 20.8. The summed E-state index contributed by atoms with van der Waals surface area (Å²) in [6.07, 6.45) is -3.70. The van der Waals surface area contributed by atoms with Gasteiger partial charge in [0.25, 0.3) is 0 Å². The average molecular weight is 420 g/mol. The van der Waals surface area contributed by atoms with Crippen LogP contribution in [-0.2, 0) is 15.8 Å². The van der Waals surface area contributed by atoms with Crippen LogP contribution in [0.25, 0.3) is 0 Å². The molecular weight excluding hydrogens is 403 g/mol. The van der Waals surface area contributed by atoms with E-state index >= 15 is 0 Å². The Hall–Kier alpha value is -2.60. The highest BCUT2D eigenvalue weighted by atomic mass is 35.5. The SMILES string of the molecule is O=C1CC(c2ccc(C(F)(F)F)cc2)C2=C(CC(c3ccccc3Cl)CC2=O)N1. The van der Waals surface area contributed by atoms with Crippen LogP contribution in [0.5, 0.6) is 0 Å². The molecule has 0 radical (unpaired) electrons. The van der Waals surface area contributed by atoms with E-state index in [1.807, 2.05) is 18.2 Å². The second-order valence-corrected chi connectivity index (χ2v) is 7.77. The molecule has 2 aromatic rings. The van der Waals surface area contributed by atoms with Crippen LogP contribution in [0.4, 0.5) is 13.2 Å². The molecule has 150 valence electrons. The van der Waals surface area contributed by atoms with Gasteiger partial charge >= 0.3 is 6.18 Å². The summed E-state index contributed by atoms with van der Waals surface area (Å²) in [4.78, 5) is 25.3. The number of rotatable bonds is 2. The number of carbonyl (C=O) groups excluding carboxylic acids is 2. The van der Waals surface area contributed by atoms with E-state index in [0.29, 0.717) is 28.3 Å². The summed E-state index contributed by atoms with van der Waals surface area (Å²) < 4.78 is 38.6. The molecule has 2 aliphatic rings. The van der Waals surface area contributed by atoms with Crippen molar-refractivity contribution in [3.8, 4) is 0 Å². The first kappa shape index (κ1) is 19.7. The van der Waals surface area contributed by atoms with Crippen LogP contribution in [0.1, 0.15) is 47.8 Å². The van der Waals surface area contributed by atoms with Gasteiger partial charge in [-0.25, -0.2) is 0 Å². The molecule has 1 heterocycles. The summed E-state index contributed by atoms with van der Waals surface area (Å²) in [5, 5.41) is 3.37. The quantitative estimate of drug-likeness (QED) is 0.712. The maximum Gasteiger partial charge on any atom is 0.416 e. The van der Waals surface area contributed by atoms with Crippen LogP contribution in [0.15, 0.2) is 59.8 Å². The fourth-order valence-electron chi connectivity index (χ4n) is 4.18. The number of benzene rings is 2. The standard InChI is InChI=1S/C22H17ClF3NO2/c23-17-4-2-1-3-15(17)13-9-18-21(19(28)10-13)16(11-20(29)27-18)12-5-7-14(8-6-12)22(24,25)26/h1-8,13,16H,9-11H2,(H,27,29). The van der Waals surface area contributed by atoms with E-state index in [4.69, 9.17) is 11.6 Å². The predicted molar refractivity (Wildman–Crippen MR) is 102 cm³/mol. The summed E-state index contributed by atoms with van der Waals surface area (Å²) in [5.41, 5.74) is 1.66. The van der Waals surface area contributed by atoms with Gasteiger partial charge in [0.15, 0.2) is 5.78 Å². The van der Waals surface area contributed by atoms with Crippen LogP contribution in [0, 0.1) is 0 Å². The molecule has 7 heteroatoms. The second kappa shape index (κ2) is 7.34. The normalized spacial score (nSPS) is 22.3. The average Bonchev–Trinajstić information content (AvgIpc) is 2.66. The number of ketones is 1. The number of halogens is 4. The number of nitrogens with one attached hydrogen (secondary N) is 1. The lowest BCUT2D eigenvalue weighted by molar-refractivity contribution is -0.137. The lowest BCUT2D eigenvalue weighted by Gasteiger charge is -2.34. The summed E-state index contributed by atoms with van der Waals surface area (Å²) in [6, 6.07) is 12.0. The van der Waals surface area contributed by atoms with Crippen molar-refractivity contribution in [2.75, 3.05) is 0 Å². The van der Waals surface area contributed by atoms with Gasteiger partial charge in [-0.3, -0.25) is 9.59 Å². The highest BCUT2D eigenvalue weighted by molar-refractivity contribution is 6.31. The molecule has 4 rings (SSSR count). The molecule has 0 spiro atoms. The van der Waals surface area contributed by atoms with Crippen molar-refractivity contribution >= 4 is 23.3 Å². The minimum atomic E-state index is -4.43. The van der Waals surface area contributed by atoms with E-state index in [9.17, 15) is 22.8 Å². The topological polar surface area (TPSA) is 46.2 Å². The van der Waals surface area contributed by atoms with Gasteiger partial charge < -0.3 is 5.32 Å². The number of hydrogen-bond acceptors (Lipinski definition) is 2. The Balaban J connectivity index is 1.69. The van der Waals surface area contributed by atoms with E-state index < -0.39 is 17.7 Å². The lowest BCUT2D eigenvalue weighted by Crippen LogP contribution is -2.38. The Morgan fingerprint density at radius 3 is 2.28 bits per heavy atom. The van der Waals surface area contributed by atoms with Crippen LogP contribution >= 0.6 is 11.6 Å². The highest BCUT2D eigenvalue weighted by Crippen LogP contribution is 2.44. The van der Waals surface area contributed by atoms with Gasteiger partial charge in [0, 0.05) is 35.1 Å². The molecule has 1 N–H and O–H groups in total. The van der Waals surface area contributed by atoms with Gasteiger partial charge in [-0.1, -0.05) is 41.9 Å². The molecule has 0 saturated heterocycles. The number of Topliss-reactive ketones (excluding diaryl/α,β-unsaturated/α-hetero) is 1. The van der Waals surface area contributed by atoms with Crippen molar-refractivity contribution in [1.29, 1.82) is 0 Å². The Kier molecular flexibility index (Phi) is 4.99. The molecule has 0 saturated carbocycles. The maximum atomic E-state index is 13.0. The molecule has 0 bridgehead atoms. The van der Waals surface area contributed by atoms with Crippen molar-refractivity contribution in [2.45, 2.75) is 37.3 Å². The van der Waals surface area contributed by atoms with Crippen LogP contribution in [-0.4, -0.2) is 11.7 Å². The lowest BCUT2D eigenvalue weighted by atomic mass is 9.73. The summed E-state index contributed by atoms with van der Waals surface area (Å²) >= 11 is 6.28. The molecule has 1 amide bonds. The van der Waals surface area contributed by atoms with Crippen molar-refractivity contribution < 1.29 is 22.8 Å². The van der Waals surface area contributed by atoms with Crippen LogP contribution in [0.2, 0.25) is 5.02 Å². The zero-order valence-electron chi connectivity index (χ0n) is 15.2. The number of hydrogen-bond donors (Lipinski definition) is 1. The summed E-state index contributed by atoms with van der Waals surface area (Å²) in [6.45, 7) is 0. The molecule has 3 nitrogen and oxygen atoms in total. The smallest absolute Gasteiger partial charge is 0.329 e. The second-order valence-electron chi connectivity index (χ2n) is 7.37. The van der Waals surface area contributed by atoms with Crippen molar-refractivity contribution in [2.24, 2.45) is 0 Å². The molecule has 2 unspecified atom stereocenters. The fraction of sp³-hybridized carbons (Fsp3) is 0.273. The van der Waals surface area contributed by atoms with Gasteiger partial charge in [-0.05, 0) is 41.7 Å². The van der Waals surface area contributed by atoms with Gasteiger partial charge in [0.2, 0.25) is 5.91 Å². The van der Waals surface area contributed by atoms with Crippen LogP contribution < -0.4 is 5.32 Å². The van der Waals surface area contributed by atoms with Gasteiger partial charge in [-0.2, -0.15) is 13.2 Å². The van der Waals surface area contributed by atoms with Gasteiger partial charge in [-0.15, -0.1) is 0 Å². The third kappa shape index (κ3) is 3.81.